The largest absolute Gasteiger partial charge is 0.360 e. The Balaban J connectivity index is 1.77. The molecule has 1 aliphatic heterocycles. The Bertz CT molecular complexity index is 1660. The molecule has 8 heteroatoms. The molecule has 0 fully saturated rings. The maximum atomic E-state index is 13.2. The standard InChI is InChI=1S/C32H32ClN3O4/c1-17-19(3)35(16-36-30(38)23-10-8-9-11-24(23)31(36)39)29-25(17)27(21-12-14-22(33)15-13-21)26(18(2)34-29)28(20(4)37)40-32(5,6)7/h8-15,28H,16H2,1-7H3. The zero-order chi connectivity index (χ0) is 29.1. The summed E-state index contributed by atoms with van der Waals surface area (Å²) in [7, 11) is 0. The highest BCUT2D eigenvalue weighted by Crippen LogP contribution is 2.42. The van der Waals surface area contributed by atoms with Gasteiger partial charge in [0, 0.05) is 32.9 Å². The first kappa shape index (κ1) is 27.7. The second kappa shape index (κ2) is 9.98. The Morgan fingerprint density at radius 3 is 2.08 bits per heavy atom. The zero-order valence-electron chi connectivity index (χ0n) is 23.8. The summed E-state index contributed by atoms with van der Waals surface area (Å²) in [4.78, 5) is 45.7. The van der Waals surface area contributed by atoms with Crippen molar-refractivity contribution in [3.05, 3.63) is 87.2 Å². The molecule has 0 bridgehead atoms. The zero-order valence-corrected chi connectivity index (χ0v) is 24.5. The molecule has 0 radical (unpaired) electrons. The van der Waals surface area contributed by atoms with Crippen LogP contribution in [0.4, 0.5) is 0 Å². The van der Waals surface area contributed by atoms with Gasteiger partial charge in [-0.15, -0.1) is 0 Å². The number of amides is 2. The van der Waals surface area contributed by atoms with Gasteiger partial charge in [0.2, 0.25) is 0 Å². The molecular weight excluding hydrogens is 526 g/mol. The Labute approximate surface area is 238 Å². The van der Waals surface area contributed by atoms with Gasteiger partial charge in [-0.3, -0.25) is 19.3 Å². The number of nitrogens with zero attached hydrogens (tertiary/aromatic N) is 3. The lowest BCUT2D eigenvalue weighted by atomic mass is 9.90. The second-order valence-corrected chi connectivity index (χ2v) is 11.7. The van der Waals surface area contributed by atoms with Crippen LogP contribution in [0.2, 0.25) is 5.02 Å². The number of aryl methyl sites for hydroxylation is 2. The fourth-order valence-electron chi connectivity index (χ4n) is 5.41. The number of carbonyl (C=O) groups excluding carboxylic acids is 3. The van der Waals surface area contributed by atoms with Gasteiger partial charge in [-0.2, -0.15) is 0 Å². The summed E-state index contributed by atoms with van der Waals surface area (Å²) in [5.74, 6) is -0.795. The minimum atomic E-state index is -0.845. The normalized spacial score (nSPS) is 14.2. The van der Waals surface area contributed by atoms with Crippen LogP contribution in [0.1, 0.15) is 77.0 Å². The van der Waals surface area contributed by atoms with Crippen LogP contribution in [0.5, 0.6) is 0 Å². The summed E-state index contributed by atoms with van der Waals surface area (Å²) in [6, 6.07) is 14.3. The number of ether oxygens (including phenoxy) is 1. The van der Waals surface area contributed by atoms with E-state index in [1.54, 1.807) is 24.3 Å². The lowest BCUT2D eigenvalue weighted by Crippen LogP contribution is -2.32. The summed E-state index contributed by atoms with van der Waals surface area (Å²) in [5, 5.41) is 1.43. The van der Waals surface area contributed by atoms with Gasteiger partial charge in [-0.1, -0.05) is 35.9 Å². The lowest BCUT2D eigenvalue weighted by Gasteiger charge is -2.29. The first-order valence-electron chi connectivity index (χ1n) is 13.2. The molecule has 2 amide bonds. The van der Waals surface area contributed by atoms with Crippen LogP contribution in [0.25, 0.3) is 22.2 Å². The molecule has 7 nitrogen and oxygen atoms in total. The highest BCUT2D eigenvalue weighted by molar-refractivity contribution is 6.30. The average Bonchev–Trinajstić information content (AvgIpc) is 3.27. The van der Waals surface area contributed by atoms with Crippen LogP contribution in [-0.4, -0.2) is 37.6 Å². The Morgan fingerprint density at radius 1 is 0.975 bits per heavy atom. The quantitative estimate of drug-likeness (QED) is 0.239. The van der Waals surface area contributed by atoms with Crippen molar-refractivity contribution in [3.63, 3.8) is 0 Å². The van der Waals surface area contributed by atoms with E-state index in [9.17, 15) is 14.4 Å². The summed E-state index contributed by atoms with van der Waals surface area (Å²) in [5.41, 5.74) is 5.63. The summed E-state index contributed by atoms with van der Waals surface area (Å²) in [6.07, 6.45) is -0.845. The fraction of sp³-hybridized carbons (Fsp3) is 0.312. The highest BCUT2D eigenvalue weighted by atomic mass is 35.5. The van der Waals surface area contributed by atoms with Crippen molar-refractivity contribution in [2.45, 2.75) is 66.8 Å². The van der Waals surface area contributed by atoms with E-state index in [0.717, 1.165) is 27.8 Å². The molecule has 206 valence electrons. The number of hydrogen-bond acceptors (Lipinski definition) is 5. The minimum Gasteiger partial charge on any atom is -0.360 e. The Hall–Kier alpha value is -3.81. The number of carbonyl (C=O) groups is 3. The maximum absolute atomic E-state index is 13.2. The molecule has 1 unspecified atom stereocenters. The van der Waals surface area contributed by atoms with Crippen LogP contribution in [0.3, 0.4) is 0 Å². The van der Waals surface area contributed by atoms with E-state index in [1.807, 2.05) is 70.4 Å². The predicted octanol–water partition coefficient (Wildman–Crippen LogP) is 6.98. The van der Waals surface area contributed by atoms with Crippen molar-refractivity contribution in [3.8, 4) is 11.1 Å². The van der Waals surface area contributed by atoms with Crippen LogP contribution in [0.15, 0.2) is 48.5 Å². The van der Waals surface area contributed by atoms with Gasteiger partial charge < -0.3 is 9.30 Å². The Kier molecular flexibility index (Phi) is 6.92. The highest BCUT2D eigenvalue weighted by Gasteiger charge is 2.37. The van der Waals surface area contributed by atoms with Crippen molar-refractivity contribution < 1.29 is 19.1 Å². The number of imide groups is 1. The molecule has 1 atom stereocenters. The van der Waals surface area contributed by atoms with Crippen molar-refractivity contribution >= 4 is 40.2 Å². The molecule has 0 spiro atoms. The predicted molar refractivity (Wildman–Crippen MR) is 156 cm³/mol. The first-order valence-corrected chi connectivity index (χ1v) is 13.6. The van der Waals surface area contributed by atoms with Crippen molar-refractivity contribution in [1.82, 2.24) is 14.5 Å². The lowest BCUT2D eigenvalue weighted by molar-refractivity contribution is -0.138. The van der Waals surface area contributed by atoms with Gasteiger partial charge in [-0.25, -0.2) is 4.98 Å². The summed E-state index contributed by atoms with van der Waals surface area (Å²) in [6.45, 7) is 13.1. The molecule has 0 saturated heterocycles. The van der Waals surface area contributed by atoms with Gasteiger partial charge >= 0.3 is 0 Å². The number of hydrogen-bond donors (Lipinski definition) is 0. The number of fused-ring (bicyclic) bond motifs is 2. The first-order chi connectivity index (χ1) is 18.8. The van der Waals surface area contributed by atoms with E-state index < -0.39 is 11.7 Å². The van der Waals surface area contributed by atoms with Crippen LogP contribution in [-0.2, 0) is 16.2 Å². The second-order valence-electron chi connectivity index (χ2n) is 11.3. The van der Waals surface area contributed by atoms with Crippen LogP contribution in [0, 0.1) is 20.8 Å². The van der Waals surface area contributed by atoms with E-state index in [2.05, 4.69) is 0 Å². The van der Waals surface area contributed by atoms with Gasteiger partial charge in [0.1, 0.15) is 18.4 Å². The molecule has 2 aromatic carbocycles. The Morgan fingerprint density at radius 2 is 1.55 bits per heavy atom. The van der Waals surface area contributed by atoms with E-state index in [0.29, 0.717) is 33.1 Å². The topological polar surface area (TPSA) is 81.5 Å². The molecule has 3 heterocycles. The number of benzene rings is 2. The number of aromatic nitrogens is 2. The molecule has 1 aliphatic rings. The summed E-state index contributed by atoms with van der Waals surface area (Å²) >= 11 is 6.25. The fourth-order valence-corrected chi connectivity index (χ4v) is 5.54. The molecule has 40 heavy (non-hydrogen) atoms. The van der Waals surface area contributed by atoms with Gasteiger partial charge in [0.15, 0.2) is 5.78 Å². The van der Waals surface area contributed by atoms with Crippen LogP contribution >= 0.6 is 11.6 Å². The molecular formula is C32H32ClN3O4. The van der Waals surface area contributed by atoms with Crippen LogP contribution < -0.4 is 0 Å². The molecule has 0 N–H and O–H groups in total. The minimum absolute atomic E-state index is 0.0169. The van der Waals surface area contributed by atoms with Gasteiger partial charge in [-0.05, 0) is 83.9 Å². The number of pyridine rings is 1. The molecule has 4 aromatic rings. The summed E-state index contributed by atoms with van der Waals surface area (Å²) < 4.78 is 8.23. The maximum Gasteiger partial charge on any atom is 0.263 e. The van der Waals surface area contributed by atoms with Gasteiger partial charge in [0.25, 0.3) is 11.8 Å². The van der Waals surface area contributed by atoms with E-state index in [4.69, 9.17) is 21.3 Å². The van der Waals surface area contributed by atoms with E-state index in [1.165, 1.54) is 11.8 Å². The smallest absolute Gasteiger partial charge is 0.263 e. The third-order valence-electron chi connectivity index (χ3n) is 7.38. The molecule has 0 aliphatic carbocycles. The number of rotatable bonds is 6. The number of halogens is 1. The number of Topliss-reactive ketones (excluding diaryl/α,β-unsaturated/α-hetero) is 1. The van der Waals surface area contributed by atoms with E-state index >= 15 is 0 Å². The third-order valence-corrected chi connectivity index (χ3v) is 7.63. The SMILES string of the molecule is CC(=O)C(OC(C)(C)C)c1c(C)nc2c(c(C)c(C)n2CN2C(=O)c3ccccc3C2=O)c1-c1ccc(Cl)cc1. The third kappa shape index (κ3) is 4.63. The van der Waals surface area contributed by atoms with E-state index in [-0.39, 0.29) is 24.3 Å². The average molecular weight is 558 g/mol. The molecule has 2 aromatic heterocycles. The van der Waals surface area contributed by atoms with Crippen molar-refractivity contribution in [2.24, 2.45) is 0 Å². The van der Waals surface area contributed by atoms with Gasteiger partial charge in [0.05, 0.1) is 16.7 Å². The molecule has 5 rings (SSSR count). The monoisotopic (exact) mass is 557 g/mol. The molecule has 0 saturated carbocycles. The number of ketones is 1. The van der Waals surface area contributed by atoms with Crippen molar-refractivity contribution in [2.75, 3.05) is 0 Å². The van der Waals surface area contributed by atoms with Crippen molar-refractivity contribution in [1.29, 1.82) is 0 Å².